The number of ether oxygens (including phenoxy) is 1. The Bertz CT molecular complexity index is 811. The van der Waals surface area contributed by atoms with Crippen molar-refractivity contribution in [1.82, 2.24) is 5.16 Å². The average molecular weight is 368 g/mol. The van der Waals surface area contributed by atoms with Crippen molar-refractivity contribution in [2.24, 2.45) is 0 Å². The molecule has 1 unspecified atom stereocenters. The van der Waals surface area contributed by atoms with Gasteiger partial charge in [-0.15, -0.1) is 0 Å². The third-order valence-electron chi connectivity index (χ3n) is 3.76. The molecule has 1 aliphatic rings. The van der Waals surface area contributed by atoms with Gasteiger partial charge in [-0.1, -0.05) is 16.8 Å². The monoisotopic (exact) mass is 367 g/mol. The molecule has 0 N–H and O–H groups in total. The Kier molecular flexibility index (Phi) is 4.78. The molecule has 0 amide bonds. The van der Waals surface area contributed by atoms with Gasteiger partial charge in [0.2, 0.25) is 5.78 Å². The summed E-state index contributed by atoms with van der Waals surface area (Å²) in [7, 11) is -1.39. The Hall–Kier alpha value is -1.66. The third kappa shape index (κ3) is 3.26. The summed E-state index contributed by atoms with van der Waals surface area (Å²) in [5.41, 5.74) is 1.44. The lowest BCUT2D eigenvalue weighted by Crippen LogP contribution is -2.14. The highest BCUT2D eigenvalue weighted by Gasteiger charge is 2.33. The molecule has 0 aliphatic heterocycles. The zero-order valence-corrected chi connectivity index (χ0v) is 15.2. The van der Waals surface area contributed by atoms with Crippen LogP contribution in [-0.2, 0) is 10.8 Å². The molecule has 1 aliphatic carbocycles. The maximum absolute atomic E-state index is 13.0. The number of rotatable bonds is 6. The van der Waals surface area contributed by atoms with Crippen molar-refractivity contribution < 1.29 is 18.3 Å². The fourth-order valence-electron chi connectivity index (χ4n) is 2.55. The Labute approximate surface area is 147 Å². The SMILES string of the molecule is CC(C)Oc1c(C(=O)c2conc2C2CC2)ccc(Cl)c1S(C)=O. The van der Waals surface area contributed by atoms with E-state index >= 15 is 0 Å². The lowest BCUT2D eigenvalue weighted by atomic mass is 10.0. The summed E-state index contributed by atoms with van der Waals surface area (Å²) in [5, 5.41) is 4.28. The zero-order valence-electron chi connectivity index (χ0n) is 13.7. The van der Waals surface area contributed by atoms with Crippen molar-refractivity contribution in [2.45, 2.75) is 43.6 Å². The van der Waals surface area contributed by atoms with E-state index in [2.05, 4.69) is 5.16 Å². The second kappa shape index (κ2) is 6.69. The van der Waals surface area contributed by atoms with Crippen molar-refractivity contribution in [2.75, 3.05) is 6.26 Å². The first-order chi connectivity index (χ1) is 11.4. The minimum absolute atomic E-state index is 0.192. The van der Waals surface area contributed by atoms with Crippen LogP contribution in [0.4, 0.5) is 0 Å². The number of benzene rings is 1. The Morgan fingerprint density at radius 2 is 2.08 bits per heavy atom. The van der Waals surface area contributed by atoms with E-state index < -0.39 is 10.8 Å². The first-order valence-corrected chi connectivity index (χ1v) is 9.65. The van der Waals surface area contributed by atoms with Crippen LogP contribution in [0.25, 0.3) is 0 Å². The lowest BCUT2D eigenvalue weighted by molar-refractivity contribution is 0.103. The van der Waals surface area contributed by atoms with Crippen molar-refractivity contribution in [3.05, 3.63) is 40.2 Å². The fourth-order valence-corrected chi connectivity index (χ4v) is 3.79. The van der Waals surface area contributed by atoms with Gasteiger partial charge < -0.3 is 9.26 Å². The normalized spacial score (nSPS) is 15.5. The highest BCUT2D eigenvalue weighted by atomic mass is 35.5. The van der Waals surface area contributed by atoms with Gasteiger partial charge in [-0.3, -0.25) is 9.00 Å². The topological polar surface area (TPSA) is 69.4 Å². The number of ketones is 1. The minimum atomic E-state index is -1.39. The van der Waals surface area contributed by atoms with E-state index in [0.29, 0.717) is 26.7 Å². The van der Waals surface area contributed by atoms with Crippen molar-refractivity contribution in [1.29, 1.82) is 0 Å². The first kappa shape index (κ1) is 17.2. The van der Waals surface area contributed by atoms with Crippen LogP contribution in [0.5, 0.6) is 5.75 Å². The van der Waals surface area contributed by atoms with E-state index in [1.54, 1.807) is 12.1 Å². The van der Waals surface area contributed by atoms with Crippen LogP contribution in [0.15, 0.2) is 27.8 Å². The summed E-state index contributed by atoms with van der Waals surface area (Å²) in [5.74, 6) is 0.299. The predicted octanol–water partition coefficient (Wildman–Crippen LogP) is 3.96. The number of aromatic nitrogens is 1. The average Bonchev–Trinajstić information content (AvgIpc) is 3.23. The molecule has 0 radical (unpaired) electrons. The van der Waals surface area contributed by atoms with Gasteiger partial charge >= 0.3 is 0 Å². The molecule has 0 bridgehead atoms. The van der Waals surface area contributed by atoms with Crippen LogP contribution in [0.1, 0.15) is 54.2 Å². The molecule has 5 nitrogen and oxygen atoms in total. The van der Waals surface area contributed by atoms with E-state index in [4.69, 9.17) is 20.9 Å². The minimum Gasteiger partial charge on any atom is -0.489 e. The standard InChI is InChI=1S/C17H18ClNO4S/c1-9(2)23-16-11(6-7-13(18)17(16)24(3)21)15(20)12-8-22-19-14(12)10-4-5-10/h6-10H,4-5H2,1-3H3. The van der Waals surface area contributed by atoms with E-state index in [-0.39, 0.29) is 23.6 Å². The zero-order chi connectivity index (χ0) is 17.4. The molecule has 1 saturated carbocycles. The van der Waals surface area contributed by atoms with E-state index in [0.717, 1.165) is 12.8 Å². The maximum Gasteiger partial charge on any atom is 0.201 e. The molecule has 24 heavy (non-hydrogen) atoms. The molecule has 2 aromatic rings. The molecule has 128 valence electrons. The molecule has 0 saturated heterocycles. The fraction of sp³-hybridized carbons (Fsp3) is 0.412. The van der Waals surface area contributed by atoms with Gasteiger partial charge in [0.15, 0.2) is 0 Å². The summed E-state index contributed by atoms with van der Waals surface area (Å²) in [6.07, 6.45) is 4.70. The highest BCUT2D eigenvalue weighted by Crippen LogP contribution is 2.42. The number of hydrogen-bond acceptors (Lipinski definition) is 5. The molecule has 1 aromatic carbocycles. The Balaban J connectivity index is 2.12. The van der Waals surface area contributed by atoms with Crippen LogP contribution >= 0.6 is 11.6 Å². The molecular weight excluding hydrogens is 350 g/mol. The molecule has 1 aromatic heterocycles. The summed E-state index contributed by atoms with van der Waals surface area (Å²) in [6, 6.07) is 3.17. The molecule has 0 spiro atoms. The number of hydrogen-bond donors (Lipinski definition) is 0. The van der Waals surface area contributed by atoms with E-state index in [1.165, 1.54) is 12.5 Å². The largest absolute Gasteiger partial charge is 0.489 e. The van der Waals surface area contributed by atoms with Gasteiger partial charge in [0.1, 0.15) is 12.0 Å². The summed E-state index contributed by atoms with van der Waals surface area (Å²) >= 11 is 6.19. The van der Waals surface area contributed by atoms with Gasteiger partial charge in [-0.25, -0.2) is 0 Å². The van der Waals surface area contributed by atoms with Crippen LogP contribution in [0.2, 0.25) is 5.02 Å². The van der Waals surface area contributed by atoms with E-state index in [1.807, 2.05) is 13.8 Å². The van der Waals surface area contributed by atoms with Gasteiger partial charge in [0.05, 0.1) is 43.6 Å². The first-order valence-electron chi connectivity index (χ1n) is 7.71. The molecule has 7 heteroatoms. The van der Waals surface area contributed by atoms with Crippen molar-refractivity contribution in [3.63, 3.8) is 0 Å². The van der Waals surface area contributed by atoms with Gasteiger partial charge in [0.25, 0.3) is 0 Å². The van der Waals surface area contributed by atoms with Crippen LogP contribution < -0.4 is 4.74 Å². The Morgan fingerprint density at radius 3 is 2.67 bits per heavy atom. The van der Waals surface area contributed by atoms with Crippen molar-refractivity contribution in [3.8, 4) is 5.75 Å². The Morgan fingerprint density at radius 1 is 1.38 bits per heavy atom. The molecule has 3 rings (SSSR count). The number of halogens is 1. The van der Waals surface area contributed by atoms with Crippen LogP contribution in [0, 0.1) is 0 Å². The number of nitrogens with zero attached hydrogens (tertiary/aromatic N) is 1. The summed E-state index contributed by atoms with van der Waals surface area (Å²) in [6.45, 7) is 3.68. The van der Waals surface area contributed by atoms with Crippen molar-refractivity contribution >= 4 is 28.2 Å². The van der Waals surface area contributed by atoms with Gasteiger partial charge in [0, 0.05) is 12.2 Å². The van der Waals surface area contributed by atoms with Crippen LogP contribution in [-0.4, -0.2) is 27.5 Å². The molecule has 1 heterocycles. The summed E-state index contributed by atoms with van der Waals surface area (Å²) in [4.78, 5) is 13.4. The molecule has 1 atom stereocenters. The summed E-state index contributed by atoms with van der Waals surface area (Å²) < 4.78 is 22.9. The quantitative estimate of drug-likeness (QED) is 0.723. The van der Waals surface area contributed by atoms with Gasteiger partial charge in [-0.05, 0) is 38.8 Å². The van der Waals surface area contributed by atoms with E-state index in [9.17, 15) is 9.00 Å². The number of carbonyl (C=O) groups excluding carboxylic acids is 1. The smallest absolute Gasteiger partial charge is 0.201 e. The second-order valence-corrected chi connectivity index (χ2v) is 7.81. The number of carbonyl (C=O) groups is 1. The lowest BCUT2D eigenvalue weighted by Gasteiger charge is -2.17. The third-order valence-corrected chi connectivity index (χ3v) is 5.16. The predicted molar refractivity (Wildman–Crippen MR) is 91.5 cm³/mol. The van der Waals surface area contributed by atoms with Gasteiger partial charge in [-0.2, -0.15) is 0 Å². The second-order valence-electron chi connectivity index (χ2n) is 6.09. The molecule has 1 fully saturated rings. The maximum atomic E-state index is 13.0. The molecular formula is C17H18ClNO4S. The highest BCUT2D eigenvalue weighted by molar-refractivity contribution is 7.84. The van der Waals surface area contributed by atoms with Crippen LogP contribution in [0.3, 0.4) is 0 Å².